The normalized spacial score (nSPS) is 11.0. The van der Waals surface area contributed by atoms with E-state index in [9.17, 15) is 4.79 Å². The Kier molecular flexibility index (Phi) is 6.13. The van der Waals surface area contributed by atoms with Gasteiger partial charge in [-0.15, -0.1) is 0 Å². The van der Waals surface area contributed by atoms with Gasteiger partial charge in [0.2, 0.25) is 0 Å². The molecule has 0 aromatic heterocycles. The second-order valence-electron chi connectivity index (χ2n) is 3.24. The zero-order valence-electron chi connectivity index (χ0n) is 7.84. The van der Waals surface area contributed by atoms with E-state index in [1.807, 2.05) is 0 Å². The van der Waals surface area contributed by atoms with Crippen LogP contribution in [0.15, 0.2) is 0 Å². The average molecular weight is 157 g/mol. The Morgan fingerprint density at radius 1 is 1.45 bits per heavy atom. The Hall–Kier alpha value is -0.370. The van der Waals surface area contributed by atoms with E-state index >= 15 is 0 Å². The first-order valence-corrected chi connectivity index (χ1v) is 4.36. The molecule has 0 aromatic carbocycles. The number of rotatable bonds is 6. The Bertz CT molecular complexity index is 102. The lowest BCUT2D eigenvalue weighted by Crippen LogP contribution is -2.28. The average Bonchev–Trinajstić information content (AvgIpc) is 1.97. The molecule has 0 aromatic rings. The maximum atomic E-state index is 10.1. The minimum Gasteiger partial charge on any atom is -0.303 e. The maximum absolute atomic E-state index is 10.1. The molecule has 0 spiro atoms. The summed E-state index contributed by atoms with van der Waals surface area (Å²) in [5.41, 5.74) is 0. The van der Waals surface area contributed by atoms with Gasteiger partial charge in [0.15, 0.2) is 0 Å². The molecule has 0 saturated carbocycles. The first-order chi connectivity index (χ1) is 5.20. The van der Waals surface area contributed by atoms with Crippen LogP contribution in [-0.2, 0) is 4.79 Å². The van der Waals surface area contributed by atoms with Crippen LogP contribution < -0.4 is 0 Å². The first-order valence-electron chi connectivity index (χ1n) is 4.36. The van der Waals surface area contributed by atoms with Crippen LogP contribution in [0.5, 0.6) is 0 Å². The van der Waals surface area contributed by atoms with Gasteiger partial charge in [-0.25, -0.2) is 0 Å². The third-order valence-corrected chi connectivity index (χ3v) is 1.63. The predicted molar refractivity (Wildman–Crippen MR) is 47.6 cm³/mol. The summed E-state index contributed by atoms with van der Waals surface area (Å²) in [4.78, 5) is 12.4. The quantitative estimate of drug-likeness (QED) is 0.545. The van der Waals surface area contributed by atoms with Crippen molar-refractivity contribution in [2.45, 2.75) is 27.2 Å². The lowest BCUT2D eigenvalue weighted by molar-refractivity contribution is -0.108. The highest BCUT2D eigenvalue weighted by atomic mass is 16.1. The molecule has 0 radical (unpaired) electrons. The summed E-state index contributed by atoms with van der Waals surface area (Å²) in [7, 11) is 0. The Labute approximate surface area is 69.6 Å². The third kappa shape index (κ3) is 6.05. The molecule has 2 nitrogen and oxygen atoms in total. The second kappa shape index (κ2) is 6.35. The number of aldehydes is 1. The van der Waals surface area contributed by atoms with Crippen LogP contribution in [0.25, 0.3) is 0 Å². The molecule has 0 atom stereocenters. The van der Waals surface area contributed by atoms with Crippen LogP contribution in [0, 0.1) is 5.92 Å². The Morgan fingerprint density at radius 2 is 2.09 bits per heavy atom. The molecule has 0 aliphatic heterocycles. The van der Waals surface area contributed by atoms with Gasteiger partial charge in [-0.05, 0) is 12.5 Å². The van der Waals surface area contributed by atoms with Gasteiger partial charge in [0.1, 0.15) is 6.29 Å². The van der Waals surface area contributed by atoms with Gasteiger partial charge < -0.3 is 9.69 Å². The van der Waals surface area contributed by atoms with Crippen molar-refractivity contribution in [3.05, 3.63) is 0 Å². The fraction of sp³-hybridized carbons (Fsp3) is 0.889. The van der Waals surface area contributed by atoms with Crippen molar-refractivity contribution in [2.75, 3.05) is 19.6 Å². The molecule has 0 amide bonds. The summed E-state index contributed by atoms with van der Waals surface area (Å²) in [5.74, 6) is 0.696. The van der Waals surface area contributed by atoms with Crippen LogP contribution in [0.1, 0.15) is 27.2 Å². The highest BCUT2D eigenvalue weighted by Crippen LogP contribution is 1.98. The maximum Gasteiger partial charge on any atom is 0.121 e. The number of hydrogen-bond acceptors (Lipinski definition) is 2. The monoisotopic (exact) mass is 157 g/mol. The molecule has 66 valence electrons. The first kappa shape index (κ1) is 10.6. The number of nitrogens with zero attached hydrogens (tertiary/aromatic N) is 1. The summed E-state index contributed by atoms with van der Waals surface area (Å²) in [6.45, 7) is 9.59. The van der Waals surface area contributed by atoms with Gasteiger partial charge in [-0.1, -0.05) is 20.8 Å². The van der Waals surface area contributed by atoms with E-state index in [0.29, 0.717) is 12.3 Å². The van der Waals surface area contributed by atoms with Crippen LogP contribution in [-0.4, -0.2) is 30.8 Å². The van der Waals surface area contributed by atoms with E-state index < -0.39 is 0 Å². The standard InChI is InChI=1S/C9H19NO/c1-4-10(6-5-7-11)8-9(2)3/h7,9H,4-6,8H2,1-3H3. The van der Waals surface area contributed by atoms with Crippen molar-refractivity contribution in [3.63, 3.8) is 0 Å². The van der Waals surface area contributed by atoms with E-state index in [1.54, 1.807) is 0 Å². The summed E-state index contributed by atoms with van der Waals surface area (Å²) in [5, 5.41) is 0. The summed E-state index contributed by atoms with van der Waals surface area (Å²) >= 11 is 0. The lowest BCUT2D eigenvalue weighted by Gasteiger charge is -2.20. The molecular formula is C9H19NO. The van der Waals surface area contributed by atoms with Crippen molar-refractivity contribution >= 4 is 6.29 Å². The fourth-order valence-corrected chi connectivity index (χ4v) is 1.13. The van der Waals surface area contributed by atoms with Gasteiger partial charge in [0.05, 0.1) is 0 Å². The summed E-state index contributed by atoms with van der Waals surface area (Å²) in [6, 6.07) is 0. The van der Waals surface area contributed by atoms with Crippen LogP contribution in [0.4, 0.5) is 0 Å². The van der Waals surface area contributed by atoms with E-state index in [0.717, 1.165) is 25.9 Å². The fourth-order valence-electron chi connectivity index (χ4n) is 1.13. The molecule has 0 fully saturated rings. The minimum atomic E-state index is 0.667. The minimum absolute atomic E-state index is 0.667. The van der Waals surface area contributed by atoms with Gasteiger partial charge in [0.25, 0.3) is 0 Å². The molecule has 0 unspecified atom stereocenters. The lowest BCUT2D eigenvalue weighted by atomic mass is 10.2. The molecule has 0 bridgehead atoms. The number of carbonyl (C=O) groups is 1. The highest BCUT2D eigenvalue weighted by molar-refractivity contribution is 5.49. The van der Waals surface area contributed by atoms with E-state index in [-0.39, 0.29) is 0 Å². The van der Waals surface area contributed by atoms with Gasteiger partial charge >= 0.3 is 0 Å². The molecule has 0 heterocycles. The van der Waals surface area contributed by atoms with Gasteiger partial charge in [0, 0.05) is 19.5 Å². The summed E-state index contributed by atoms with van der Waals surface area (Å²) in [6.07, 6.45) is 1.66. The SMILES string of the molecule is CCN(CCC=O)CC(C)C. The molecular weight excluding hydrogens is 138 g/mol. The summed E-state index contributed by atoms with van der Waals surface area (Å²) < 4.78 is 0. The third-order valence-electron chi connectivity index (χ3n) is 1.63. The van der Waals surface area contributed by atoms with Crippen molar-refractivity contribution in [1.29, 1.82) is 0 Å². The molecule has 0 N–H and O–H groups in total. The van der Waals surface area contributed by atoms with Crippen LogP contribution >= 0.6 is 0 Å². The Balaban J connectivity index is 3.48. The molecule has 0 aliphatic rings. The van der Waals surface area contributed by atoms with Crippen molar-refractivity contribution in [1.82, 2.24) is 4.90 Å². The topological polar surface area (TPSA) is 20.3 Å². The number of carbonyl (C=O) groups excluding carboxylic acids is 1. The largest absolute Gasteiger partial charge is 0.303 e. The zero-order valence-corrected chi connectivity index (χ0v) is 7.84. The van der Waals surface area contributed by atoms with Crippen LogP contribution in [0.2, 0.25) is 0 Å². The predicted octanol–water partition coefficient (Wildman–Crippen LogP) is 1.55. The molecule has 2 heteroatoms. The van der Waals surface area contributed by atoms with Crippen molar-refractivity contribution < 1.29 is 4.79 Å². The van der Waals surface area contributed by atoms with Crippen molar-refractivity contribution in [3.8, 4) is 0 Å². The second-order valence-corrected chi connectivity index (χ2v) is 3.24. The van der Waals surface area contributed by atoms with Crippen molar-refractivity contribution in [2.24, 2.45) is 5.92 Å². The molecule has 11 heavy (non-hydrogen) atoms. The number of hydrogen-bond donors (Lipinski definition) is 0. The molecule has 0 rings (SSSR count). The molecule has 0 saturated heterocycles. The Morgan fingerprint density at radius 3 is 2.45 bits per heavy atom. The molecule has 0 aliphatic carbocycles. The van der Waals surface area contributed by atoms with E-state index in [4.69, 9.17) is 0 Å². The van der Waals surface area contributed by atoms with E-state index in [1.165, 1.54) is 0 Å². The highest BCUT2D eigenvalue weighted by Gasteiger charge is 2.02. The van der Waals surface area contributed by atoms with Crippen LogP contribution in [0.3, 0.4) is 0 Å². The van der Waals surface area contributed by atoms with E-state index in [2.05, 4.69) is 25.7 Å². The smallest absolute Gasteiger partial charge is 0.121 e. The van der Waals surface area contributed by atoms with Gasteiger partial charge in [-0.2, -0.15) is 0 Å². The van der Waals surface area contributed by atoms with Gasteiger partial charge in [-0.3, -0.25) is 0 Å². The zero-order chi connectivity index (χ0) is 8.69.